The van der Waals surface area contributed by atoms with E-state index >= 15 is 0 Å². The number of hydrogen-bond donors (Lipinski definition) is 2. The minimum Gasteiger partial charge on any atom is -0.392 e. The van der Waals surface area contributed by atoms with Crippen LogP contribution in [0.1, 0.15) is 11.5 Å². The lowest BCUT2D eigenvalue weighted by molar-refractivity contribution is 0.472. The molecule has 16 heavy (non-hydrogen) atoms. The summed E-state index contributed by atoms with van der Waals surface area (Å²) < 4.78 is 4.87. The van der Waals surface area contributed by atoms with E-state index in [9.17, 15) is 4.79 Å². The van der Waals surface area contributed by atoms with Gasteiger partial charge in [0.25, 0.3) is 0 Å². The van der Waals surface area contributed by atoms with E-state index in [-0.39, 0.29) is 0 Å². The van der Waals surface area contributed by atoms with E-state index in [2.05, 4.69) is 15.2 Å². The van der Waals surface area contributed by atoms with Gasteiger partial charge in [-0.1, -0.05) is 18.2 Å². The molecule has 2 heterocycles. The van der Waals surface area contributed by atoms with Gasteiger partial charge in [-0.3, -0.25) is 0 Å². The van der Waals surface area contributed by atoms with Crippen LogP contribution in [0.25, 0.3) is 10.9 Å². The Labute approximate surface area is 90.1 Å². The van der Waals surface area contributed by atoms with Crippen LogP contribution in [0.15, 0.2) is 39.7 Å². The lowest BCUT2D eigenvalue weighted by atomic mass is 10.1. The largest absolute Gasteiger partial charge is 0.434 e. The van der Waals surface area contributed by atoms with Gasteiger partial charge in [-0.2, -0.15) is 0 Å². The second-order valence-electron chi connectivity index (χ2n) is 3.54. The highest BCUT2D eigenvalue weighted by molar-refractivity contribution is 5.83. The molecule has 5 nitrogen and oxygen atoms in total. The van der Waals surface area contributed by atoms with Gasteiger partial charge in [-0.15, -0.1) is 5.10 Å². The van der Waals surface area contributed by atoms with Crippen molar-refractivity contribution < 1.29 is 4.42 Å². The molecule has 0 aliphatic rings. The van der Waals surface area contributed by atoms with E-state index in [0.717, 1.165) is 16.5 Å². The van der Waals surface area contributed by atoms with E-state index in [1.165, 1.54) is 0 Å². The predicted octanol–water partition coefficient (Wildman–Crippen LogP) is 1.43. The fraction of sp³-hybridized carbons (Fsp3) is 0.0909. The van der Waals surface area contributed by atoms with Crippen LogP contribution in [0.5, 0.6) is 0 Å². The quantitative estimate of drug-likeness (QED) is 0.679. The molecule has 0 aliphatic heterocycles. The van der Waals surface area contributed by atoms with Gasteiger partial charge >= 0.3 is 5.76 Å². The van der Waals surface area contributed by atoms with Crippen LogP contribution in [-0.2, 0) is 6.42 Å². The van der Waals surface area contributed by atoms with Crippen LogP contribution in [0.2, 0.25) is 0 Å². The van der Waals surface area contributed by atoms with Crippen molar-refractivity contribution in [1.82, 2.24) is 15.2 Å². The highest BCUT2D eigenvalue weighted by Gasteiger charge is 2.07. The molecule has 2 N–H and O–H groups in total. The van der Waals surface area contributed by atoms with Crippen LogP contribution in [0.4, 0.5) is 0 Å². The molecular weight excluding hydrogens is 206 g/mol. The summed E-state index contributed by atoms with van der Waals surface area (Å²) in [5, 5.41) is 7.14. The lowest BCUT2D eigenvalue weighted by Crippen LogP contribution is -1.93. The van der Waals surface area contributed by atoms with Gasteiger partial charge in [-0.25, -0.2) is 9.89 Å². The van der Waals surface area contributed by atoms with Gasteiger partial charge in [0.15, 0.2) is 0 Å². The van der Waals surface area contributed by atoms with Gasteiger partial charge in [0.2, 0.25) is 5.89 Å². The molecule has 0 saturated carbocycles. The number of para-hydroxylation sites is 1. The number of hydrogen-bond acceptors (Lipinski definition) is 3. The number of nitrogens with zero attached hydrogens (tertiary/aromatic N) is 1. The topological polar surface area (TPSA) is 74.7 Å². The number of fused-ring (bicyclic) bond motifs is 1. The molecular formula is C11H9N3O2. The summed E-state index contributed by atoms with van der Waals surface area (Å²) in [6, 6.07) is 7.96. The summed E-state index contributed by atoms with van der Waals surface area (Å²) in [4.78, 5) is 13.9. The Morgan fingerprint density at radius 2 is 2.19 bits per heavy atom. The maximum atomic E-state index is 10.8. The third-order valence-corrected chi connectivity index (χ3v) is 2.50. The number of aromatic amines is 2. The zero-order valence-electron chi connectivity index (χ0n) is 8.36. The molecule has 0 amide bonds. The summed E-state index contributed by atoms with van der Waals surface area (Å²) in [7, 11) is 0. The zero-order valence-corrected chi connectivity index (χ0v) is 8.36. The molecule has 1 aromatic carbocycles. The molecule has 0 atom stereocenters. The summed E-state index contributed by atoms with van der Waals surface area (Å²) in [5.74, 6) is -0.121. The standard InChI is InChI=1S/C11H9N3O2/c15-11-14-13-10(16-11)5-7-6-12-9-4-2-1-3-8(7)9/h1-4,6,12H,5H2,(H,14,15). The first-order chi connectivity index (χ1) is 7.83. The number of nitrogens with one attached hydrogen (secondary N) is 2. The number of aromatic nitrogens is 3. The van der Waals surface area contributed by atoms with Gasteiger partial charge in [0.1, 0.15) is 0 Å². The Kier molecular flexibility index (Phi) is 1.89. The molecule has 3 rings (SSSR count). The molecule has 2 aromatic heterocycles. The number of H-pyrrole nitrogens is 2. The summed E-state index contributed by atoms with van der Waals surface area (Å²) in [5.41, 5.74) is 2.13. The van der Waals surface area contributed by atoms with E-state index in [1.54, 1.807) is 0 Å². The Balaban J connectivity index is 2.03. The van der Waals surface area contributed by atoms with Gasteiger partial charge in [0, 0.05) is 17.1 Å². The Morgan fingerprint density at radius 1 is 1.31 bits per heavy atom. The Morgan fingerprint density at radius 3 is 3.00 bits per heavy atom. The Hall–Kier alpha value is -2.30. The molecule has 80 valence electrons. The van der Waals surface area contributed by atoms with Gasteiger partial charge < -0.3 is 9.40 Å². The monoisotopic (exact) mass is 215 g/mol. The van der Waals surface area contributed by atoms with Crippen LogP contribution in [0, 0.1) is 0 Å². The number of benzene rings is 1. The predicted molar refractivity (Wildman–Crippen MR) is 58.2 cm³/mol. The van der Waals surface area contributed by atoms with E-state index in [4.69, 9.17) is 4.42 Å². The Bertz CT molecular complexity index is 677. The lowest BCUT2D eigenvalue weighted by Gasteiger charge is -1.93. The van der Waals surface area contributed by atoms with Crippen molar-refractivity contribution in [2.45, 2.75) is 6.42 Å². The van der Waals surface area contributed by atoms with Crippen molar-refractivity contribution in [3.8, 4) is 0 Å². The highest BCUT2D eigenvalue weighted by Crippen LogP contribution is 2.19. The second kappa shape index (κ2) is 3.37. The summed E-state index contributed by atoms with van der Waals surface area (Å²) in [6.07, 6.45) is 2.40. The van der Waals surface area contributed by atoms with Crippen LogP contribution in [0.3, 0.4) is 0 Å². The third kappa shape index (κ3) is 1.42. The normalized spacial score (nSPS) is 11.0. The van der Waals surface area contributed by atoms with Crippen molar-refractivity contribution in [3.63, 3.8) is 0 Å². The van der Waals surface area contributed by atoms with Crippen molar-refractivity contribution in [2.24, 2.45) is 0 Å². The molecule has 0 unspecified atom stereocenters. The van der Waals surface area contributed by atoms with Crippen LogP contribution < -0.4 is 5.76 Å². The molecule has 3 aromatic rings. The minimum absolute atomic E-state index is 0.398. The second-order valence-corrected chi connectivity index (χ2v) is 3.54. The average molecular weight is 215 g/mol. The van der Waals surface area contributed by atoms with E-state index < -0.39 is 5.76 Å². The molecule has 5 heteroatoms. The fourth-order valence-electron chi connectivity index (χ4n) is 1.78. The third-order valence-electron chi connectivity index (χ3n) is 2.50. The fourth-order valence-corrected chi connectivity index (χ4v) is 1.78. The molecule has 0 spiro atoms. The first-order valence-electron chi connectivity index (χ1n) is 4.92. The van der Waals surface area contributed by atoms with Gasteiger partial charge in [-0.05, 0) is 11.6 Å². The molecule has 0 fully saturated rings. The maximum Gasteiger partial charge on any atom is 0.434 e. The van der Waals surface area contributed by atoms with Crippen LogP contribution >= 0.6 is 0 Å². The molecule has 0 bridgehead atoms. The van der Waals surface area contributed by atoms with Gasteiger partial charge in [0.05, 0.1) is 6.42 Å². The van der Waals surface area contributed by atoms with Crippen molar-refractivity contribution in [3.05, 3.63) is 52.5 Å². The minimum atomic E-state index is -0.519. The average Bonchev–Trinajstić information content (AvgIpc) is 2.87. The summed E-state index contributed by atoms with van der Waals surface area (Å²) >= 11 is 0. The smallest absolute Gasteiger partial charge is 0.392 e. The molecule has 0 saturated heterocycles. The highest BCUT2D eigenvalue weighted by atomic mass is 16.4. The van der Waals surface area contributed by atoms with Crippen molar-refractivity contribution >= 4 is 10.9 Å². The summed E-state index contributed by atoms with van der Waals surface area (Å²) in [6.45, 7) is 0. The number of rotatable bonds is 2. The molecule has 0 aliphatic carbocycles. The van der Waals surface area contributed by atoms with E-state index in [1.807, 2.05) is 30.5 Å². The van der Waals surface area contributed by atoms with Crippen molar-refractivity contribution in [1.29, 1.82) is 0 Å². The molecule has 0 radical (unpaired) electrons. The maximum absolute atomic E-state index is 10.8. The van der Waals surface area contributed by atoms with Crippen molar-refractivity contribution in [2.75, 3.05) is 0 Å². The van der Waals surface area contributed by atoms with E-state index in [0.29, 0.717) is 12.3 Å². The first kappa shape index (κ1) is 8.96. The first-order valence-corrected chi connectivity index (χ1v) is 4.92. The van der Waals surface area contributed by atoms with Crippen LogP contribution in [-0.4, -0.2) is 15.2 Å². The zero-order chi connectivity index (χ0) is 11.0. The SMILES string of the molecule is O=c1[nH]nc(Cc2c[nH]c3ccccc23)o1.